The second-order valence-electron chi connectivity index (χ2n) is 4.67. The van der Waals surface area contributed by atoms with Crippen molar-refractivity contribution >= 4 is 11.7 Å². The highest BCUT2D eigenvalue weighted by Gasteiger charge is 2.06. The number of nitrogens with zero attached hydrogens (tertiary/aromatic N) is 1. The molecule has 0 aliphatic heterocycles. The standard InChI is InChI=1S/C15H19N3O4/c1-10-6-12(22-18-10)4-5-16-15(19)17-11-7-13(20-2)9-14(8-11)21-3/h6-9H,4-5H2,1-3H3,(H2,16,17,19). The smallest absolute Gasteiger partial charge is 0.319 e. The quantitative estimate of drug-likeness (QED) is 0.855. The molecular formula is C15H19N3O4. The number of urea groups is 1. The first-order valence-corrected chi connectivity index (χ1v) is 6.81. The highest BCUT2D eigenvalue weighted by molar-refractivity contribution is 5.89. The zero-order valence-corrected chi connectivity index (χ0v) is 12.8. The number of amides is 2. The third-order valence-corrected chi connectivity index (χ3v) is 2.94. The van der Waals surface area contributed by atoms with Crippen LogP contribution in [0.2, 0.25) is 0 Å². The van der Waals surface area contributed by atoms with Gasteiger partial charge in [-0.1, -0.05) is 5.16 Å². The summed E-state index contributed by atoms with van der Waals surface area (Å²) >= 11 is 0. The molecule has 1 heterocycles. The molecule has 0 spiro atoms. The third-order valence-electron chi connectivity index (χ3n) is 2.94. The molecule has 0 aliphatic carbocycles. The van der Waals surface area contributed by atoms with Gasteiger partial charge in [-0.05, 0) is 6.92 Å². The summed E-state index contributed by atoms with van der Waals surface area (Å²) in [5.74, 6) is 1.94. The number of benzene rings is 1. The maximum atomic E-state index is 11.9. The summed E-state index contributed by atoms with van der Waals surface area (Å²) in [6.07, 6.45) is 0.579. The minimum Gasteiger partial charge on any atom is -0.497 e. The Morgan fingerprint density at radius 2 is 1.86 bits per heavy atom. The van der Waals surface area contributed by atoms with Crippen molar-refractivity contribution in [2.75, 3.05) is 26.1 Å². The van der Waals surface area contributed by atoms with Crippen LogP contribution in [-0.4, -0.2) is 32.0 Å². The van der Waals surface area contributed by atoms with Gasteiger partial charge in [0.05, 0.1) is 19.9 Å². The van der Waals surface area contributed by atoms with Crippen molar-refractivity contribution in [2.45, 2.75) is 13.3 Å². The summed E-state index contributed by atoms with van der Waals surface area (Å²) in [4.78, 5) is 11.9. The van der Waals surface area contributed by atoms with Crippen molar-refractivity contribution in [1.29, 1.82) is 0 Å². The number of rotatable bonds is 6. The molecule has 0 saturated carbocycles. The van der Waals surface area contributed by atoms with Crippen LogP contribution in [0.4, 0.5) is 10.5 Å². The SMILES string of the molecule is COc1cc(NC(=O)NCCc2cc(C)no2)cc(OC)c1. The van der Waals surface area contributed by atoms with Crippen LogP contribution in [0.25, 0.3) is 0 Å². The summed E-state index contributed by atoms with van der Waals surface area (Å²) in [6.45, 7) is 2.30. The predicted molar refractivity (Wildman–Crippen MR) is 81.5 cm³/mol. The van der Waals surface area contributed by atoms with Crippen LogP contribution in [0, 0.1) is 6.92 Å². The molecular weight excluding hydrogens is 286 g/mol. The first kappa shape index (κ1) is 15.7. The number of aryl methyl sites for hydroxylation is 1. The second-order valence-corrected chi connectivity index (χ2v) is 4.67. The molecule has 7 nitrogen and oxygen atoms in total. The predicted octanol–water partition coefficient (Wildman–Crippen LogP) is 2.36. The highest BCUT2D eigenvalue weighted by Crippen LogP contribution is 2.25. The summed E-state index contributed by atoms with van der Waals surface area (Å²) in [5, 5.41) is 9.26. The number of hydrogen-bond acceptors (Lipinski definition) is 5. The van der Waals surface area contributed by atoms with Gasteiger partial charge in [-0.25, -0.2) is 4.79 Å². The number of carbonyl (C=O) groups is 1. The van der Waals surface area contributed by atoms with E-state index in [4.69, 9.17) is 14.0 Å². The Balaban J connectivity index is 1.86. The number of anilines is 1. The van der Waals surface area contributed by atoms with Crippen LogP contribution in [0.1, 0.15) is 11.5 Å². The highest BCUT2D eigenvalue weighted by atomic mass is 16.5. The van der Waals surface area contributed by atoms with E-state index in [0.717, 1.165) is 11.5 Å². The van der Waals surface area contributed by atoms with Gasteiger partial charge in [0.25, 0.3) is 0 Å². The molecule has 2 rings (SSSR count). The lowest BCUT2D eigenvalue weighted by Crippen LogP contribution is -2.30. The van der Waals surface area contributed by atoms with Gasteiger partial charge in [-0.3, -0.25) is 0 Å². The van der Waals surface area contributed by atoms with Crippen LogP contribution in [-0.2, 0) is 6.42 Å². The largest absolute Gasteiger partial charge is 0.497 e. The number of carbonyl (C=O) groups excluding carboxylic acids is 1. The van der Waals surface area contributed by atoms with Gasteiger partial charge in [0.15, 0.2) is 0 Å². The fraction of sp³-hybridized carbons (Fsp3) is 0.333. The fourth-order valence-electron chi connectivity index (χ4n) is 1.89. The van der Waals surface area contributed by atoms with E-state index in [0.29, 0.717) is 30.2 Å². The average molecular weight is 305 g/mol. The Bertz CT molecular complexity index is 617. The summed E-state index contributed by atoms with van der Waals surface area (Å²) in [5.41, 5.74) is 1.41. The van der Waals surface area contributed by atoms with Gasteiger partial charge in [0.1, 0.15) is 17.3 Å². The first-order chi connectivity index (χ1) is 10.6. The molecule has 0 aliphatic rings. The van der Waals surface area contributed by atoms with Crippen molar-refractivity contribution in [3.05, 3.63) is 35.7 Å². The van der Waals surface area contributed by atoms with Crippen LogP contribution >= 0.6 is 0 Å². The average Bonchev–Trinajstić information content (AvgIpc) is 2.92. The molecule has 2 N–H and O–H groups in total. The molecule has 22 heavy (non-hydrogen) atoms. The van der Waals surface area contributed by atoms with Gasteiger partial charge in [-0.2, -0.15) is 0 Å². The van der Waals surface area contributed by atoms with Crippen LogP contribution in [0.5, 0.6) is 11.5 Å². The van der Waals surface area contributed by atoms with E-state index in [1.807, 2.05) is 13.0 Å². The van der Waals surface area contributed by atoms with E-state index >= 15 is 0 Å². The zero-order valence-electron chi connectivity index (χ0n) is 12.8. The Hall–Kier alpha value is -2.70. The number of methoxy groups -OCH3 is 2. The molecule has 7 heteroatoms. The minimum absolute atomic E-state index is 0.313. The van der Waals surface area contributed by atoms with Gasteiger partial charge in [0.2, 0.25) is 0 Å². The van der Waals surface area contributed by atoms with Gasteiger partial charge in [0, 0.05) is 42.9 Å². The lowest BCUT2D eigenvalue weighted by molar-refractivity contribution is 0.252. The van der Waals surface area contributed by atoms with Crippen molar-refractivity contribution in [2.24, 2.45) is 0 Å². The lowest BCUT2D eigenvalue weighted by atomic mass is 10.3. The zero-order chi connectivity index (χ0) is 15.9. The molecule has 1 aromatic carbocycles. The Labute approximate surface area is 128 Å². The van der Waals surface area contributed by atoms with Crippen molar-refractivity contribution in [3.63, 3.8) is 0 Å². The Morgan fingerprint density at radius 3 is 2.41 bits per heavy atom. The maximum Gasteiger partial charge on any atom is 0.319 e. The van der Waals surface area contributed by atoms with E-state index < -0.39 is 0 Å². The number of nitrogens with one attached hydrogen (secondary N) is 2. The fourth-order valence-corrected chi connectivity index (χ4v) is 1.89. The van der Waals surface area contributed by atoms with Gasteiger partial charge in [-0.15, -0.1) is 0 Å². The monoisotopic (exact) mass is 305 g/mol. The molecule has 0 bridgehead atoms. The molecule has 1 aromatic heterocycles. The van der Waals surface area contributed by atoms with Gasteiger partial charge < -0.3 is 24.6 Å². The van der Waals surface area contributed by atoms with Crippen LogP contribution < -0.4 is 20.1 Å². The number of aromatic nitrogens is 1. The summed E-state index contributed by atoms with van der Waals surface area (Å²) < 4.78 is 15.4. The maximum absolute atomic E-state index is 11.9. The molecule has 0 atom stereocenters. The van der Waals surface area contributed by atoms with E-state index in [1.165, 1.54) is 0 Å². The van der Waals surface area contributed by atoms with E-state index in [-0.39, 0.29) is 6.03 Å². The summed E-state index contributed by atoms with van der Waals surface area (Å²) in [6, 6.07) is 6.68. The van der Waals surface area contributed by atoms with Crippen LogP contribution in [0.15, 0.2) is 28.8 Å². The number of hydrogen-bond donors (Lipinski definition) is 2. The molecule has 2 amide bonds. The first-order valence-electron chi connectivity index (χ1n) is 6.81. The number of ether oxygens (including phenoxy) is 2. The Morgan fingerprint density at radius 1 is 1.18 bits per heavy atom. The molecule has 2 aromatic rings. The normalized spacial score (nSPS) is 10.1. The van der Waals surface area contributed by atoms with E-state index in [9.17, 15) is 4.79 Å². The van der Waals surface area contributed by atoms with Crippen molar-refractivity contribution in [3.8, 4) is 11.5 Å². The molecule has 0 saturated heterocycles. The Kier molecular flexibility index (Phi) is 5.24. The lowest BCUT2D eigenvalue weighted by Gasteiger charge is -2.10. The van der Waals surface area contributed by atoms with Crippen LogP contribution in [0.3, 0.4) is 0 Å². The van der Waals surface area contributed by atoms with Crippen molar-refractivity contribution < 1.29 is 18.8 Å². The molecule has 0 unspecified atom stereocenters. The molecule has 0 fully saturated rings. The molecule has 0 radical (unpaired) electrons. The van der Waals surface area contributed by atoms with Crippen molar-refractivity contribution in [1.82, 2.24) is 10.5 Å². The van der Waals surface area contributed by atoms with E-state index in [2.05, 4.69) is 15.8 Å². The van der Waals surface area contributed by atoms with E-state index in [1.54, 1.807) is 32.4 Å². The topological polar surface area (TPSA) is 85.6 Å². The minimum atomic E-state index is -0.313. The second kappa shape index (κ2) is 7.35. The molecule has 118 valence electrons. The van der Waals surface area contributed by atoms with Gasteiger partial charge >= 0.3 is 6.03 Å². The summed E-state index contributed by atoms with van der Waals surface area (Å²) in [7, 11) is 3.11. The third kappa shape index (κ3) is 4.41.